The molecule has 4 nitrogen and oxygen atoms in total. The minimum absolute atomic E-state index is 0.153. The van der Waals surface area contributed by atoms with Gasteiger partial charge in [-0.3, -0.25) is 4.79 Å². The molecule has 0 spiro atoms. The molecule has 0 atom stereocenters. The molecule has 3 aromatic carbocycles. The van der Waals surface area contributed by atoms with Gasteiger partial charge in [0.25, 0.3) is 5.91 Å². The van der Waals surface area contributed by atoms with Crippen molar-refractivity contribution in [3.63, 3.8) is 0 Å². The van der Waals surface area contributed by atoms with E-state index in [2.05, 4.69) is 15.3 Å². The molecule has 4 heteroatoms. The Balaban J connectivity index is 1.70. The highest BCUT2D eigenvalue weighted by atomic mass is 16.1. The Morgan fingerprint density at radius 3 is 2.44 bits per heavy atom. The van der Waals surface area contributed by atoms with Crippen molar-refractivity contribution in [1.29, 1.82) is 0 Å². The van der Waals surface area contributed by atoms with E-state index in [9.17, 15) is 4.79 Å². The fraction of sp³-hybridized carbons (Fsp3) is 0.0476. The van der Waals surface area contributed by atoms with Gasteiger partial charge in [-0.05, 0) is 37.3 Å². The number of nitrogens with one attached hydrogen (secondary N) is 2. The highest BCUT2D eigenvalue weighted by Gasteiger charge is 2.15. The number of H-pyrrole nitrogens is 1. The van der Waals surface area contributed by atoms with Gasteiger partial charge in [0.05, 0.1) is 16.6 Å². The molecule has 0 aliphatic rings. The first-order valence-electron chi connectivity index (χ1n) is 8.13. The first-order chi connectivity index (χ1) is 12.2. The number of carbonyl (C=O) groups excluding carboxylic acids is 1. The molecule has 0 aliphatic heterocycles. The average Bonchev–Trinajstić information content (AvgIpc) is 3.07. The van der Waals surface area contributed by atoms with Crippen LogP contribution in [0, 0.1) is 6.92 Å². The maximum Gasteiger partial charge on any atom is 0.256 e. The number of para-hydroxylation sites is 2. The molecule has 0 saturated carbocycles. The number of carbonyl (C=O) groups is 1. The number of aromatic nitrogens is 2. The standard InChI is InChI=1S/C21H17N3O/c1-14-10-12-15(13-11-14)22-21(25)17-7-3-2-6-16(17)20-23-18-8-4-5-9-19(18)24-20/h2-13H,1H3,(H,22,25)(H,23,24). The summed E-state index contributed by atoms with van der Waals surface area (Å²) in [6, 6.07) is 23.1. The molecule has 0 bridgehead atoms. The maximum absolute atomic E-state index is 12.8. The molecule has 0 fully saturated rings. The monoisotopic (exact) mass is 327 g/mol. The number of fused-ring (bicyclic) bond motifs is 1. The van der Waals surface area contributed by atoms with Crippen LogP contribution in [0.25, 0.3) is 22.4 Å². The quantitative estimate of drug-likeness (QED) is 0.568. The molecular formula is C21H17N3O. The molecule has 1 heterocycles. The van der Waals surface area contributed by atoms with Crippen LogP contribution in [0.3, 0.4) is 0 Å². The van der Waals surface area contributed by atoms with Crippen LogP contribution in [0.1, 0.15) is 15.9 Å². The normalized spacial score (nSPS) is 10.8. The Morgan fingerprint density at radius 1 is 0.920 bits per heavy atom. The Hall–Kier alpha value is -3.40. The number of hydrogen-bond donors (Lipinski definition) is 2. The third-order valence-corrected chi connectivity index (χ3v) is 4.13. The molecule has 0 unspecified atom stereocenters. The van der Waals surface area contributed by atoms with Crippen molar-refractivity contribution in [2.24, 2.45) is 0 Å². The SMILES string of the molecule is Cc1ccc(NC(=O)c2ccccc2-c2nc3ccccc3[nH]2)cc1. The fourth-order valence-electron chi connectivity index (χ4n) is 2.80. The van der Waals surface area contributed by atoms with Crippen LogP contribution in [-0.2, 0) is 0 Å². The summed E-state index contributed by atoms with van der Waals surface area (Å²) >= 11 is 0. The Kier molecular flexibility index (Phi) is 3.78. The fourth-order valence-corrected chi connectivity index (χ4v) is 2.80. The summed E-state index contributed by atoms with van der Waals surface area (Å²) in [4.78, 5) is 20.7. The van der Waals surface area contributed by atoms with Crippen molar-refractivity contribution in [3.05, 3.63) is 83.9 Å². The number of anilines is 1. The molecule has 122 valence electrons. The lowest BCUT2D eigenvalue weighted by Crippen LogP contribution is -2.13. The van der Waals surface area contributed by atoms with E-state index >= 15 is 0 Å². The van der Waals surface area contributed by atoms with Crippen LogP contribution in [0.2, 0.25) is 0 Å². The van der Waals surface area contributed by atoms with Crippen molar-refractivity contribution in [2.75, 3.05) is 5.32 Å². The van der Waals surface area contributed by atoms with Gasteiger partial charge in [-0.2, -0.15) is 0 Å². The summed E-state index contributed by atoms with van der Waals surface area (Å²) < 4.78 is 0. The molecule has 1 amide bonds. The number of aryl methyl sites for hydroxylation is 1. The molecule has 25 heavy (non-hydrogen) atoms. The van der Waals surface area contributed by atoms with Gasteiger partial charge >= 0.3 is 0 Å². The van der Waals surface area contributed by atoms with E-state index in [1.165, 1.54) is 0 Å². The van der Waals surface area contributed by atoms with Crippen molar-refractivity contribution < 1.29 is 4.79 Å². The number of amides is 1. The van der Waals surface area contributed by atoms with Gasteiger partial charge in [0.2, 0.25) is 0 Å². The molecular weight excluding hydrogens is 310 g/mol. The Labute approximate surface area is 145 Å². The van der Waals surface area contributed by atoms with Crippen LogP contribution in [-0.4, -0.2) is 15.9 Å². The van der Waals surface area contributed by atoms with Crippen LogP contribution in [0.4, 0.5) is 5.69 Å². The molecule has 0 aliphatic carbocycles. The topological polar surface area (TPSA) is 57.8 Å². The van der Waals surface area contributed by atoms with Crippen LogP contribution in [0.15, 0.2) is 72.8 Å². The van der Waals surface area contributed by atoms with Crippen molar-refractivity contribution >= 4 is 22.6 Å². The molecule has 4 aromatic rings. The lowest BCUT2D eigenvalue weighted by molar-refractivity contribution is 0.102. The van der Waals surface area contributed by atoms with Gasteiger partial charge in [0.15, 0.2) is 0 Å². The molecule has 4 rings (SSSR count). The second-order valence-corrected chi connectivity index (χ2v) is 5.97. The molecule has 0 radical (unpaired) electrons. The van der Waals surface area contributed by atoms with Crippen LogP contribution < -0.4 is 5.32 Å². The zero-order valence-corrected chi connectivity index (χ0v) is 13.8. The van der Waals surface area contributed by atoms with Crippen molar-refractivity contribution in [2.45, 2.75) is 6.92 Å². The number of benzene rings is 3. The smallest absolute Gasteiger partial charge is 0.256 e. The number of rotatable bonds is 3. The van der Waals surface area contributed by atoms with E-state index in [4.69, 9.17) is 0 Å². The van der Waals surface area contributed by atoms with Crippen molar-refractivity contribution in [1.82, 2.24) is 9.97 Å². The highest BCUT2D eigenvalue weighted by Crippen LogP contribution is 2.24. The number of hydrogen-bond acceptors (Lipinski definition) is 2. The number of nitrogens with zero attached hydrogens (tertiary/aromatic N) is 1. The molecule has 2 N–H and O–H groups in total. The summed E-state index contributed by atoms with van der Waals surface area (Å²) in [5, 5.41) is 2.95. The Morgan fingerprint density at radius 2 is 1.64 bits per heavy atom. The predicted molar refractivity (Wildman–Crippen MR) is 101 cm³/mol. The van der Waals surface area contributed by atoms with Crippen LogP contribution in [0.5, 0.6) is 0 Å². The van der Waals surface area contributed by atoms with E-state index in [1.807, 2.05) is 79.7 Å². The second kappa shape index (κ2) is 6.24. The predicted octanol–water partition coefficient (Wildman–Crippen LogP) is 4.79. The van der Waals surface area contributed by atoms with E-state index < -0.39 is 0 Å². The third-order valence-electron chi connectivity index (χ3n) is 4.13. The van der Waals surface area contributed by atoms with Gasteiger partial charge in [-0.25, -0.2) is 4.98 Å². The summed E-state index contributed by atoms with van der Waals surface area (Å²) in [7, 11) is 0. The van der Waals surface area contributed by atoms with Gasteiger partial charge in [-0.1, -0.05) is 48.0 Å². The molecule has 0 saturated heterocycles. The first-order valence-corrected chi connectivity index (χ1v) is 8.13. The van der Waals surface area contributed by atoms with E-state index in [0.717, 1.165) is 27.8 Å². The van der Waals surface area contributed by atoms with E-state index in [1.54, 1.807) is 0 Å². The zero-order valence-electron chi connectivity index (χ0n) is 13.8. The minimum atomic E-state index is -0.153. The van der Waals surface area contributed by atoms with Crippen LogP contribution >= 0.6 is 0 Å². The Bertz CT molecular complexity index is 1020. The summed E-state index contributed by atoms with van der Waals surface area (Å²) in [6.45, 7) is 2.02. The summed E-state index contributed by atoms with van der Waals surface area (Å²) in [6.07, 6.45) is 0. The minimum Gasteiger partial charge on any atom is -0.338 e. The third kappa shape index (κ3) is 3.02. The average molecular weight is 327 g/mol. The van der Waals surface area contributed by atoms with Gasteiger partial charge in [0.1, 0.15) is 5.82 Å². The van der Waals surface area contributed by atoms with Gasteiger partial charge < -0.3 is 10.3 Å². The second-order valence-electron chi connectivity index (χ2n) is 5.97. The zero-order chi connectivity index (χ0) is 17.2. The lowest BCUT2D eigenvalue weighted by atomic mass is 10.1. The molecule has 1 aromatic heterocycles. The maximum atomic E-state index is 12.8. The van der Waals surface area contributed by atoms with Crippen molar-refractivity contribution in [3.8, 4) is 11.4 Å². The van der Waals surface area contributed by atoms with E-state index in [0.29, 0.717) is 11.4 Å². The number of imidazole rings is 1. The van der Waals surface area contributed by atoms with Gasteiger partial charge in [-0.15, -0.1) is 0 Å². The highest BCUT2D eigenvalue weighted by molar-refractivity contribution is 6.08. The largest absolute Gasteiger partial charge is 0.338 e. The number of aromatic amines is 1. The van der Waals surface area contributed by atoms with E-state index in [-0.39, 0.29) is 5.91 Å². The summed E-state index contributed by atoms with van der Waals surface area (Å²) in [5.74, 6) is 0.538. The first kappa shape index (κ1) is 15.1. The lowest BCUT2D eigenvalue weighted by Gasteiger charge is -2.09. The summed E-state index contributed by atoms with van der Waals surface area (Å²) in [5.41, 5.74) is 5.12. The van der Waals surface area contributed by atoms with Gasteiger partial charge in [0, 0.05) is 11.3 Å².